The molecule has 0 aromatic carbocycles. The number of rotatable bonds is 0. The summed E-state index contributed by atoms with van der Waals surface area (Å²) in [6, 6.07) is 0. The minimum Gasteiger partial charge on any atom is -0.0882 e. The molecule has 1 radical (unpaired) electrons. The van der Waals surface area contributed by atoms with Crippen LogP contribution in [0.1, 0.15) is 38.5 Å². The monoisotopic (exact) mass is 187 g/mol. The second-order valence-electron chi connectivity index (χ2n) is 3.45. The van der Waals surface area contributed by atoms with Gasteiger partial charge in [0.2, 0.25) is 0 Å². The van der Waals surface area contributed by atoms with E-state index in [1.165, 1.54) is 12.8 Å². The fraction of sp³-hybridized carbons (Fsp3) is 0.429. The fourth-order valence-electron chi connectivity index (χ4n) is 1.34. The second kappa shape index (κ2) is 8.55. The zero-order valence-electron chi connectivity index (χ0n) is 8.78. The van der Waals surface area contributed by atoms with Gasteiger partial charge in [0.15, 0.2) is 0 Å². The first-order valence-corrected chi connectivity index (χ1v) is 5.53. The SMILES string of the molecule is [C]1=CCCC=CCCC=CCCC=C1. The van der Waals surface area contributed by atoms with E-state index in [9.17, 15) is 0 Å². The Kier molecular flexibility index (Phi) is 6.74. The lowest BCUT2D eigenvalue weighted by Gasteiger charge is -1.90. The smallest absolute Gasteiger partial charge is 0.0230 e. The van der Waals surface area contributed by atoms with Gasteiger partial charge in [0.25, 0.3) is 0 Å². The lowest BCUT2D eigenvalue weighted by atomic mass is 10.2. The van der Waals surface area contributed by atoms with Crippen LogP contribution in [0.25, 0.3) is 0 Å². The van der Waals surface area contributed by atoms with E-state index >= 15 is 0 Å². The van der Waals surface area contributed by atoms with Crippen molar-refractivity contribution in [3.05, 3.63) is 48.6 Å². The molecule has 0 saturated heterocycles. The zero-order valence-corrected chi connectivity index (χ0v) is 8.78. The molecule has 0 amide bonds. The van der Waals surface area contributed by atoms with E-state index in [1.54, 1.807) is 0 Å². The Balaban J connectivity index is 2.34. The highest BCUT2D eigenvalue weighted by molar-refractivity contribution is 4.98. The van der Waals surface area contributed by atoms with E-state index in [4.69, 9.17) is 0 Å². The van der Waals surface area contributed by atoms with Crippen molar-refractivity contribution in [3.63, 3.8) is 0 Å². The van der Waals surface area contributed by atoms with Crippen molar-refractivity contribution in [2.24, 2.45) is 0 Å². The van der Waals surface area contributed by atoms with Gasteiger partial charge in [-0.1, -0.05) is 42.5 Å². The minimum absolute atomic E-state index is 1.11. The first kappa shape index (κ1) is 11.0. The standard InChI is InChI=1S/C14H19/c1-2-4-6-8-10-12-14-13-11-9-7-5-3-1/h1-2,7-10,14H,3-6,11,13H2. The highest BCUT2D eigenvalue weighted by atomic mass is 13.9. The lowest BCUT2D eigenvalue weighted by Crippen LogP contribution is -1.70. The third kappa shape index (κ3) is 6.47. The van der Waals surface area contributed by atoms with Gasteiger partial charge < -0.3 is 0 Å². The molecule has 0 heteroatoms. The van der Waals surface area contributed by atoms with Crippen LogP contribution in [0.4, 0.5) is 0 Å². The van der Waals surface area contributed by atoms with Gasteiger partial charge in [0.1, 0.15) is 0 Å². The van der Waals surface area contributed by atoms with Crippen LogP contribution in [0.3, 0.4) is 0 Å². The van der Waals surface area contributed by atoms with E-state index in [-0.39, 0.29) is 0 Å². The van der Waals surface area contributed by atoms with E-state index < -0.39 is 0 Å². The maximum atomic E-state index is 3.18. The molecule has 0 heterocycles. The van der Waals surface area contributed by atoms with Crippen LogP contribution in [-0.2, 0) is 0 Å². The summed E-state index contributed by atoms with van der Waals surface area (Å²) in [6.07, 6.45) is 25.5. The predicted octanol–water partition coefficient (Wildman–Crippen LogP) is 4.37. The minimum atomic E-state index is 1.11. The molecule has 0 unspecified atom stereocenters. The van der Waals surface area contributed by atoms with Crippen molar-refractivity contribution >= 4 is 0 Å². The average Bonchev–Trinajstić information content (AvgIpc) is 2.22. The lowest BCUT2D eigenvalue weighted by molar-refractivity contribution is 0.982. The number of hydrogen-bond donors (Lipinski definition) is 0. The van der Waals surface area contributed by atoms with Crippen LogP contribution < -0.4 is 0 Å². The molecule has 75 valence electrons. The van der Waals surface area contributed by atoms with Crippen molar-refractivity contribution in [2.75, 3.05) is 0 Å². The second-order valence-corrected chi connectivity index (χ2v) is 3.45. The molecule has 0 N–H and O–H groups in total. The van der Waals surface area contributed by atoms with E-state index in [2.05, 4.69) is 42.5 Å². The van der Waals surface area contributed by atoms with Crippen molar-refractivity contribution < 1.29 is 0 Å². The summed E-state index contributed by atoms with van der Waals surface area (Å²) in [5.74, 6) is 0. The van der Waals surface area contributed by atoms with Gasteiger partial charge in [-0.25, -0.2) is 0 Å². The molecular formula is C14H19. The normalized spacial score (nSPS) is 19.4. The summed E-state index contributed by atoms with van der Waals surface area (Å²) < 4.78 is 0. The molecule has 0 spiro atoms. The van der Waals surface area contributed by atoms with Crippen molar-refractivity contribution in [3.8, 4) is 0 Å². The average molecular weight is 187 g/mol. The topological polar surface area (TPSA) is 0 Å². The van der Waals surface area contributed by atoms with E-state index in [1.807, 2.05) is 6.08 Å². The van der Waals surface area contributed by atoms with Crippen LogP contribution in [-0.4, -0.2) is 0 Å². The molecule has 0 aliphatic heterocycles. The Labute approximate surface area is 87.7 Å². The van der Waals surface area contributed by atoms with Gasteiger partial charge in [-0.05, 0) is 44.6 Å². The maximum Gasteiger partial charge on any atom is -0.0230 e. The molecule has 0 aromatic heterocycles. The molecule has 0 saturated carbocycles. The predicted molar refractivity (Wildman–Crippen MR) is 62.9 cm³/mol. The molecule has 1 aliphatic rings. The van der Waals surface area contributed by atoms with Crippen molar-refractivity contribution in [1.82, 2.24) is 0 Å². The Morgan fingerprint density at radius 2 is 1.07 bits per heavy atom. The molecule has 1 aliphatic carbocycles. The van der Waals surface area contributed by atoms with Gasteiger partial charge in [-0.15, -0.1) is 0 Å². The number of allylic oxidation sites excluding steroid dienone is 8. The summed E-state index contributed by atoms with van der Waals surface area (Å²) >= 11 is 0. The Morgan fingerprint density at radius 1 is 0.571 bits per heavy atom. The van der Waals surface area contributed by atoms with Crippen LogP contribution in [0.5, 0.6) is 0 Å². The van der Waals surface area contributed by atoms with Crippen LogP contribution in [0, 0.1) is 6.08 Å². The highest BCUT2D eigenvalue weighted by Crippen LogP contribution is 2.01. The van der Waals surface area contributed by atoms with Crippen LogP contribution >= 0.6 is 0 Å². The fourth-order valence-corrected chi connectivity index (χ4v) is 1.34. The molecular weight excluding hydrogens is 168 g/mol. The summed E-state index contributed by atoms with van der Waals surface area (Å²) in [5.41, 5.74) is 0. The largest absolute Gasteiger partial charge is 0.0882 e. The first-order valence-electron chi connectivity index (χ1n) is 5.53. The summed E-state index contributed by atoms with van der Waals surface area (Å²) in [5, 5.41) is 0. The van der Waals surface area contributed by atoms with E-state index in [0.29, 0.717) is 0 Å². The van der Waals surface area contributed by atoms with Crippen molar-refractivity contribution in [2.45, 2.75) is 38.5 Å². The molecule has 0 nitrogen and oxygen atoms in total. The Morgan fingerprint density at radius 3 is 1.71 bits per heavy atom. The Hall–Kier alpha value is -1.04. The quantitative estimate of drug-likeness (QED) is 0.494. The van der Waals surface area contributed by atoms with Crippen LogP contribution in [0.2, 0.25) is 0 Å². The van der Waals surface area contributed by atoms with Gasteiger partial charge in [0, 0.05) is 0 Å². The third-order valence-corrected chi connectivity index (χ3v) is 2.14. The summed E-state index contributed by atoms with van der Waals surface area (Å²) in [7, 11) is 0. The van der Waals surface area contributed by atoms with Gasteiger partial charge in [-0.3, -0.25) is 0 Å². The summed E-state index contributed by atoms with van der Waals surface area (Å²) in [6.45, 7) is 0. The van der Waals surface area contributed by atoms with Crippen molar-refractivity contribution in [1.29, 1.82) is 0 Å². The van der Waals surface area contributed by atoms with Crippen LogP contribution in [0.15, 0.2) is 42.5 Å². The number of hydrogen-bond acceptors (Lipinski definition) is 0. The molecule has 0 aromatic rings. The molecule has 14 heavy (non-hydrogen) atoms. The Bertz CT molecular complexity index is 202. The van der Waals surface area contributed by atoms with Gasteiger partial charge >= 0.3 is 0 Å². The van der Waals surface area contributed by atoms with Gasteiger partial charge in [-0.2, -0.15) is 0 Å². The maximum absolute atomic E-state index is 3.18. The highest BCUT2D eigenvalue weighted by Gasteiger charge is 1.81. The zero-order chi connectivity index (χ0) is 9.90. The summed E-state index contributed by atoms with van der Waals surface area (Å²) in [4.78, 5) is 0. The molecule has 0 atom stereocenters. The molecule has 0 bridgehead atoms. The third-order valence-electron chi connectivity index (χ3n) is 2.14. The van der Waals surface area contributed by atoms with E-state index in [0.717, 1.165) is 25.7 Å². The molecule has 0 fully saturated rings. The van der Waals surface area contributed by atoms with Gasteiger partial charge in [0.05, 0.1) is 0 Å². The molecule has 1 rings (SSSR count). The first-order chi connectivity index (χ1) is 7.00.